The number of nitrogens with one attached hydrogen (secondary N) is 1. The monoisotopic (exact) mass is 386 g/mol. The van der Waals surface area contributed by atoms with Crippen LogP contribution in [0.4, 0.5) is 11.4 Å². The highest BCUT2D eigenvalue weighted by molar-refractivity contribution is 7.90. The fraction of sp³-hybridized carbons (Fsp3) is 0.167. The minimum absolute atomic E-state index is 0.179. The molecule has 0 atom stereocenters. The number of anilines is 1. The van der Waals surface area contributed by atoms with Gasteiger partial charge in [-0.05, 0) is 36.2 Å². The van der Waals surface area contributed by atoms with Gasteiger partial charge in [0.05, 0.1) is 16.8 Å². The van der Waals surface area contributed by atoms with Gasteiger partial charge in [0.25, 0.3) is 0 Å². The van der Waals surface area contributed by atoms with Crippen molar-refractivity contribution >= 4 is 21.2 Å². The lowest BCUT2D eigenvalue weighted by Gasteiger charge is -2.09. The van der Waals surface area contributed by atoms with Crippen LogP contribution in [0.25, 0.3) is 5.69 Å². The van der Waals surface area contributed by atoms with Crippen molar-refractivity contribution in [2.75, 3.05) is 18.1 Å². The van der Waals surface area contributed by atoms with Crippen LogP contribution in [-0.2, 0) is 16.3 Å². The van der Waals surface area contributed by atoms with E-state index in [1.54, 1.807) is 10.9 Å². The number of nitro groups is 1. The van der Waals surface area contributed by atoms with Crippen LogP contribution in [0.5, 0.6) is 0 Å². The predicted molar refractivity (Wildman–Crippen MR) is 102 cm³/mol. The fourth-order valence-corrected chi connectivity index (χ4v) is 3.57. The minimum Gasteiger partial charge on any atom is -0.379 e. The topological polar surface area (TPSA) is 107 Å². The Kier molecular flexibility index (Phi) is 5.22. The van der Waals surface area contributed by atoms with Gasteiger partial charge in [-0.3, -0.25) is 10.1 Å². The summed E-state index contributed by atoms with van der Waals surface area (Å²) >= 11 is 0. The number of benzene rings is 2. The summed E-state index contributed by atoms with van der Waals surface area (Å²) in [6, 6.07) is 13.9. The molecule has 27 heavy (non-hydrogen) atoms. The first-order valence-corrected chi connectivity index (χ1v) is 10.1. The molecule has 9 heteroatoms. The van der Waals surface area contributed by atoms with Gasteiger partial charge in [0, 0.05) is 19.0 Å². The fourth-order valence-electron chi connectivity index (χ4n) is 2.71. The van der Waals surface area contributed by atoms with E-state index in [9.17, 15) is 18.5 Å². The Bertz CT molecular complexity index is 1060. The Morgan fingerprint density at radius 1 is 1.15 bits per heavy atom. The van der Waals surface area contributed by atoms with Crippen LogP contribution in [-0.4, -0.2) is 35.9 Å². The molecule has 0 aliphatic carbocycles. The van der Waals surface area contributed by atoms with Gasteiger partial charge >= 0.3 is 5.69 Å². The normalized spacial score (nSPS) is 11.3. The Balaban J connectivity index is 1.73. The summed E-state index contributed by atoms with van der Waals surface area (Å²) in [4.78, 5) is 10.4. The van der Waals surface area contributed by atoms with Crippen LogP contribution in [0.1, 0.15) is 5.56 Å². The molecule has 3 rings (SSSR count). The molecule has 0 fully saturated rings. The minimum atomic E-state index is -3.70. The molecule has 8 nitrogen and oxygen atoms in total. The summed E-state index contributed by atoms with van der Waals surface area (Å²) in [6.07, 6.45) is 5.15. The number of para-hydroxylation sites is 2. The van der Waals surface area contributed by atoms with Crippen LogP contribution < -0.4 is 5.32 Å². The standard InChI is InChI=1S/C18H18N4O4S/c1-27(25,26)17-9-5-8-16(18(17)22(23)24)19-11-10-14-12-20-21(13-14)15-6-3-2-4-7-15/h2-9,12-13,19H,10-11H2,1H3. The first kappa shape index (κ1) is 18.6. The SMILES string of the molecule is CS(=O)(=O)c1cccc(NCCc2cnn(-c3ccccc3)c2)c1[N+](=O)[O-]. The van der Waals surface area contributed by atoms with Crippen molar-refractivity contribution in [3.63, 3.8) is 0 Å². The van der Waals surface area contributed by atoms with Crippen molar-refractivity contribution in [3.8, 4) is 5.69 Å². The molecule has 0 aliphatic heterocycles. The van der Waals surface area contributed by atoms with E-state index in [0.717, 1.165) is 17.5 Å². The molecule has 0 amide bonds. The van der Waals surface area contributed by atoms with Crippen molar-refractivity contribution in [2.24, 2.45) is 0 Å². The summed E-state index contributed by atoms with van der Waals surface area (Å²) in [7, 11) is -3.70. The zero-order valence-corrected chi connectivity index (χ0v) is 15.4. The van der Waals surface area contributed by atoms with Crippen molar-refractivity contribution in [3.05, 3.63) is 76.6 Å². The van der Waals surface area contributed by atoms with E-state index < -0.39 is 20.4 Å². The number of aromatic nitrogens is 2. The van der Waals surface area contributed by atoms with E-state index in [0.29, 0.717) is 13.0 Å². The molecule has 140 valence electrons. The van der Waals surface area contributed by atoms with E-state index in [1.165, 1.54) is 18.2 Å². The smallest absolute Gasteiger partial charge is 0.310 e. The molecule has 0 spiro atoms. The van der Waals surface area contributed by atoms with Gasteiger partial charge in [0.15, 0.2) is 9.84 Å². The van der Waals surface area contributed by atoms with Crippen molar-refractivity contribution in [2.45, 2.75) is 11.3 Å². The molecule has 0 unspecified atom stereocenters. The number of hydrogen-bond donors (Lipinski definition) is 1. The second kappa shape index (κ2) is 7.58. The molecule has 3 aromatic rings. The Labute approximate surface area is 156 Å². The van der Waals surface area contributed by atoms with Crippen molar-refractivity contribution in [1.82, 2.24) is 9.78 Å². The van der Waals surface area contributed by atoms with Gasteiger partial charge in [-0.1, -0.05) is 24.3 Å². The molecule has 1 heterocycles. The summed E-state index contributed by atoms with van der Waals surface area (Å²) in [6.45, 7) is 0.397. The Morgan fingerprint density at radius 2 is 1.89 bits per heavy atom. The highest BCUT2D eigenvalue weighted by atomic mass is 32.2. The van der Waals surface area contributed by atoms with Gasteiger partial charge in [-0.15, -0.1) is 0 Å². The van der Waals surface area contributed by atoms with Crippen LogP contribution in [0.2, 0.25) is 0 Å². The molecule has 2 aromatic carbocycles. The number of nitrogens with zero attached hydrogens (tertiary/aromatic N) is 3. The molecule has 1 N–H and O–H groups in total. The van der Waals surface area contributed by atoms with Gasteiger partial charge in [-0.2, -0.15) is 5.10 Å². The largest absolute Gasteiger partial charge is 0.379 e. The van der Waals surface area contributed by atoms with Gasteiger partial charge < -0.3 is 5.32 Å². The number of rotatable bonds is 7. The Morgan fingerprint density at radius 3 is 2.56 bits per heavy atom. The molecular weight excluding hydrogens is 368 g/mol. The molecule has 0 saturated heterocycles. The molecule has 0 bridgehead atoms. The van der Waals surface area contributed by atoms with E-state index >= 15 is 0 Å². The van der Waals surface area contributed by atoms with Crippen LogP contribution in [0.15, 0.2) is 65.8 Å². The summed E-state index contributed by atoms with van der Waals surface area (Å²) < 4.78 is 25.4. The maximum Gasteiger partial charge on any atom is 0.310 e. The number of nitro benzene ring substituents is 1. The molecule has 0 radical (unpaired) electrons. The number of sulfone groups is 1. The molecule has 1 aromatic heterocycles. The highest BCUT2D eigenvalue weighted by Crippen LogP contribution is 2.31. The number of hydrogen-bond acceptors (Lipinski definition) is 6. The molecule has 0 saturated carbocycles. The first-order chi connectivity index (χ1) is 12.9. The quantitative estimate of drug-likeness (QED) is 0.494. The van der Waals surface area contributed by atoms with E-state index in [2.05, 4.69) is 10.4 Å². The second-order valence-electron chi connectivity index (χ2n) is 5.99. The molecular formula is C18H18N4O4S. The second-order valence-corrected chi connectivity index (χ2v) is 7.97. The van der Waals surface area contributed by atoms with Crippen molar-refractivity contribution in [1.29, 1.82) is 0 Å². The van der Waals surface area contributed by atoms with E-state index in [1.807, 2.05) is 36.5 Å². The van der Waals surface area contributed by atoms with Gasteiger partial charge in [0.1, 0.15) is 10.6 Å². The predicted octanol–water partition coefficient (Wildman–Crippen LogP) is 2.84. The van der Waals surface area contributed by atoms with Crippen LogP contribution >= 0.6 is 0 Å². The zero-order chi connectivity index (χ0) is 19.4. The first-order valence-electron chi connectivity index (χ1n) is 8.16. The van der Waals surface area contributed by atoms with Crippen LogP contribution in [0, 0.1) is 10.1 Å². The van der Waals surface area contributed by atoms with Gasteiger partial charge in [0.2, 0.25) is 0 Å². The maximum absolute atomic E-state index is 11.8. The summed E-state index contributed by atoms with van der Waals surface area (Å²) in [5.41, 5.74) is 1.64. The maximum atomic E-state index is 11.8. The average molecular weight is 386 g/mol. The average Bonchev–Trinajstić information content (AvgIpc) is 3.10. The van der Waals surface area contributed by atoms with E-state index in [-0.39, 0.29) is 10.6 Å². The third-order valence-electron chi connectivity index (χ3n) is 3.97. The van der Waals surface area contributed by atoms with Crippen LogP contribution in [0.3, 0.4) is 0 Å². The third-order valence-corrected chi connectivity index (χ3v) is 5.10. The third kappa shape index (κ3) is 4.32. The summed E-state index contributed by atoms with van der Waals surface area (Å²) in [5.74, 6) is 0. The van der Waals surface area contributed by atoms with Gasteiger partial charge in [-0.25, -0.2) is 13.1 Å². The Hall–Kier alpha value is -3.20. The lowest BCUT2D eigenvalue weighted by atomic mass is 10.2. The highest BCUT2D eigenvalue weighted by Gasteiger charge is 2.25. The molecule has 0 aliphatic rings. The summed E-state index contributed by atoms with van der Waals surface area (Å²) in [5, 5.41) is 18.6. The lowest BCUT2D eigenvalue weighted by Crippen LogP contribution is -2.09. The van der Waals surface area contributed by atoms with E-state index in [4.69, 9.17) is 0 Å². The zero-order valence-electron chi connectivity index (χ0n) is 14.6. The lowest BCUT2D eigenvalue weighted by molar-refractivity contribution is -0.386. The van der Waals surface area contributed by atoms with Crippen molar-refractivity contribution < 1.29 is 13.3 Å².